The number of para-hydroxylation sites is 1. The first-order valence-electron chi connectivity index (χ1n) is 14.1. The third-order valence-electron chi connectivity index (χ3n) is 8.40. The molecular weight excluding hydrogens is 484 g/mol. The minimum absolute atomic E-state index is 0.424. The van der Waals surface area contributed by atoms with E-state index < -0.39 is 0 Å². The highest BCUT2D eigenvalue weighted by atomic mass is 15.0. The molecule has 0 amide bonds. The van der Waals surface area contributed by atoms with Crippen molar-refractivity contribution in [3.63, 3.8) is 0 Å². The van der Waals surface area contributed by atoms with Crippen LogP contribution in [-0.4, -0.2) is 4.57 Å². The Morgan fingerprint density at radius 1 is 0.625 bits per heavy atom. The first-order valence-corrected chi connectivity index (χ1v) is 14.1. The van der Waals surface area contributed by atoms with Gasteiger partial charge in [-0.15, -0.1) is 0 Å². The second-order valence-corrected chi connectivity index (χ2v) is 11.1. The third kappa shape index (κ3) is 3.75. The van der Waals surface area contributed by atoms with Gasteiger partial charge >= 0.3 is 0 Å². The lowest BCUT2D eigenvalue weighted by Crippen LogP contribution is -2.30. The summed E-state index contributed by atoms with van der Waals surface area (Å²) >= 11 is 0. The summed E-state index contributed by atoms with van der Waals surface area (Å²) in [6.07, 6.45) is 2.22. The maximum Gasteiger partial charge on any atom is 0.222 e. The Morgan fingerprint density at radius 2 is 1.30 bits per heavy atom. The smallest absolute Gasteiger partial charge is 0.222 e. The van der Waals surface area contributed by atoms with E-state index in [4.69, 9.17) is 0 Å². The molecule has 0 unspecified atom stereocenters. The zero-order chi connectivity index (χ0) is 27.4. The number of aryl methyl sites for hydroxylation is 2. The van der Waals surface area contributed by atoms with Crippen LogP contribution >= 0.6 is 0 Å². The molecule has 0 saturated carbocycles. The van der Waals surface area contributed by atoms with Crippen molar-refractivity contribution < 1.29 is 4.57 Å². The Hall–Kier alpha value is -4.69. The fraction of sp³-hybridized carbons (Fsp3) is 0.132. The van der Waals surface area contributed by atoms with E-state index in [2.05, 4.69) is 158 Å². The Bertz CT molecular complexity index is 2030. The van der Waals surface area contributed by atoms with E-state index in [0.29, 0.717) is 5.92 Å². The average molecular weight is 518 g/mol. The van der Waals surface area contributed by atoms with Gasteiger partial charge in [-0.1, -0.05) is 98.8 Å². The van der Waals surface area contributed by atoms with Crippen LogP contribution in [0.5, 0.6) is 0 Å². The van der Waals surface area contributed by atoms with Crippen LogP contribution in [-0.2, 0) is 7.05 Å². The molecule has 40 heavy (non-hydrogen) atoms. The minimum atomic E-state index is 0.424. The van der Waals surface area contributed by atoms with Crippen LogP contribution < -0.4 is 4.57 Å². The summed E-state index contributed by atoms with van der Waals surface area (Å²) in [6.45, 7) is 6.88. The largest absolute Gasteiger partial charge is 0.309 e. The van der Waals surface area contributed by atoms with Crippen molar-refractivity contribution in [2.45, 2.75) is 26.7 Å². The summed E-state index contributed by atoms with van der Waals surface area (Å²) in [7, 11) is 2.18. The molecule has 0 radical (unpaired) electrons. The molecule has 0 saturated heterocycles. The van der Waals surface area contributed by atoms with Crippen molar-refractivity contribution in [2.24, 2.45) is 7.05 Å². The first kappa shape index (κ1) is 24.4. The standard InChI is InChI=1S/C38H33N2/c1-25(2)33-24-34(26(3)30-17-11-12-18-31(30)33)38-37-32-20-19-28(27-13-7-5-8-14-27)23-36(32)40(29-15-9-6-10-16-29)35(37)21-22-39(38)4/h5-25H,1-4H3/q+1. The van der Waals surface area contributed by atoms with Crippen LogP contribution in [0.2, 0.25) is 0 Å². The lowest BCUT2D eigenvalue weighted by molar-refractivity contribution is -0.659. The summed E-state index contributed by atoms with van der Waals surface area (Å²) in [5.41, 5.74) is 11.3. The van der Waals surface area contributed by atoms with E-state index in [9.17, 15) is 0 Å². The minimum Gasteiger partial charge on any atom is -0.309 e. The molecule has 7 rings (SSSR count). The van der Waals surface area contributed by atoms with Crippen molar-refractivity contribution in [1.82, 2.24) is 4.57 Å². The van der Waals surface area contributed by atoms with Gasteiger partial charge in [0.05, 0.1) is 22.0 Å². The molecule has 2 nitrogen and oxygen atoms in total. The van der Waals surface area contributed by atoms with Gasteiger partial charge in [0.1, 0.15) is 7.05 Å². The summed E-state index contributed by atoms with van der Waals surface area (Å²) in [5, 5.41) is 5.24. The zero-order valence-electron chi connectivity index (χ0n) is 23.5. The molecule has 2 aromatic heterocycles. The zero-order valence-corrected chi connectivity index (χ0v) is 23.5. The Morgan fingerprint density at radius 3 is 2.02 bits per heavy atom. The Labute approximate surface area is 235 Å². The van der Waals surface area contributed by atoms with Crippen molar-refractivity contribution in [3.8, 4) is 28.1 Å². The normalized spacial score (nSPS) is 11.7. The van der Waals surface area contributed by atoms with Gasteiger partial charge in [0, 0.05) is 17.1 Å². The van der Waals surface area contributed by atoms with Gasteiger partial charge < -0.3 is 4.57 Å². The third-order valence-corrected chi connectivity index (χ3v) is 8.40. The highest BCUT2D eigenvalue weighted by Gasteiger charge is 2.26. The number of benzene rings is 5. The van der Waals surface area contributed by atoms with Crippen molar-refractivity contribution >= 4 is 32.6 Å². The maximum atomic E-state index is 2.45. The van der Waals surface area contributed by atoms with E-state index in [1.807, 2.05) is 0 Å². The monoisotopic (exact) mass is 517 g/mol. The molecule has 0 bridgehead atoms. The van der Waals surface area contributed by atoms with Crippen molar-refractivity contribution in [1.29, 1.82) is 0 Å². The topological polar surface area (TPSA) is 8.81 Å². The fourth-order valence-electron chi connectivity index (χ4n) is 6.41. The molecule has 0 aliphatic heterocycles. The molecule has 0 aliphatic rings. The number of aromatic nitrogens is 2. The van der Waals surface area contributed by atoms with Gasteiger partial charge in [0.15, 0.2) is 6.20 Å². The van der Waals surface area contributed by atoms with Crippen LogP contribution in [0.4, 0.5) is 0 Å². The lowest BCUT2D eigenvalue weighted by atomic mass is 9.88. The SMILES string of the molecule is Cc1c(-c2c3c4ccc(-c5ccccc5)cc4n(-c4ccccc4)c3cc[n+]2C)cc(C(C)C)c2ccccc12. The number of nitrogens with zero attached hydrogens (tertiary/aromatic N) is 2. The summed E-state index contributed by atoms with van der Waals surface area (Å²) in [6, 6.07) is 42.0. The quantitative estimate of drug-likeness (QED) is 0.206. The second kappa shape index (κ2) is 9.50. The number of hydrogen-bond acceptors (Lipinski definition) is 0. The van der Waals surface area contributed by atoms with Crippen LogP contribution in [0.25, 0.3) is 60.6 Å². The number of hydrogen-bond donors (Lipinski definition) is 0. The predicted molar refractivity (Wildman–Crippen MR) is 169 cm³/mol. The second-order valence-electron chi connectivity index (χ2n) is 11.1. The Kier molecular flexibility index (Phi) is 5.78. The van der Waals surface area contributed by atoms with Gasteiger partial charge in [-0.25, -0.2) is 4.57 Å². The van der Waals surface area contributed by atoms with E-state index in [1.54, 1.807) is 0 Å². The molecule has 194 valence electrons. The van der Waals surface area contributed by atoms with Crippen molar-refractivity contribution in [2.75, 3.05) is 0 Å². The summed E-state index contributed by atoms with van der Waals surface area (Å²) in [4.78, 5) is 0. The van der Waals surface area contributed by atoms with Crippen LogP contribution in [0.1, 0.15) is 30.9 Å². The Balaban J connectivity index is 1.63. The van der Waals surface area contributed by atoms with E-state index in [1.165, 1.54) is 71.8 Å². The maximum absolute atomic E-state index is 2.45. The van der Waals surface area contributed by atoms with Gasteiger partial charge in [0.2, 0.25) is 5.69 Å². The fourth-order valence-corrected chi connectivity index (χ4v) is 6.41. The molecule has 0 atom stereocenters. The molecule has 0 aliphatic carbocycles. The first-order chi connectivity index (χ1) is 19.5. The van der Waals surface area contributed by atoms with Gasteiger partial charge in [0.25, 0.3) is 0 Å². The van der Waals surface area contributed by atoms with E-state index in [0.717, 1.165) is 0 Å². The molecule has 2 heterocycles. The van der Waals surface area contributed by atoms with Crippen LogP contribution in [0.15, 0.2) is 121 Å². The molecule has 2 heteroatoms. The summed E-state index contributed by atoms with van der Waals surface area (Å²) in [5.74, 6) is 0.424. The molecular formula is C38H33N2+. The number of pyridine rings is 1. The van der Waals surface area contributed by atoms with E-state index >= 15 is 0 Å². The molecule has 0 N–H and O–H groups in total. The summed E-state index contributed by atoms with van der Waals surface area (Å²) < 4.78 is 4.74. The van der Waals surface area contributed by atoms with Crippen LogP contribution in [0, 0.1) is 6.92 Å². The predicted octanol–water partition coefficient (Wildman–Crippen LogP) is 9.53. The van der Waals surface area contributed by atoms with Crippen molar-refractivity contribution in [3.05, 3.63) is 133 Å². The highest BCUT2D eigenvalue weighted by molar-refractivity contribution is 6.15. The molecule has 5 aromatic carbocycles. The van der Waals surface area contributed by atoms with Gasteiger partial charge in [-0.3, -0.25) is 0 Å². The lowest BCUT2D eigenvalue weighted by Gasteiger charge is -2.16. The molecule has 0 fully saturated rings. The highest BCUT2D eigenvalue weighted by Crippen LogP contribution is 2.41. The van der Waals surface area contributed by atoms with Gasteiger partial charge in [-0.05, 0) is 70.1 Å². The van der Waals surface area contributed by atoms with Gasteiger partial charge in [-0.2, -0.15) is 0 Å². The number of fused-ring (bicyclic) bond motifs is 4. The van der Waals surface area contributed by atoms with Crippen LogP contribution in [0.3, 0.4) is 0 Å². The number of rotatable bonds is 4. The van der Waals surface area contributed by atoms with E-state index in [-0.39, 0.29) is 0 Å². The molecule has 7 aromatic rings. The molecule has 0 spiro atoms. The average Bonchev–Trinajstić information content (AvgIpc) is 3.32.